The molecule has 78 valence electrons. The maximum atomic E-state index is 10.8. The van der Waals surface area contributed by atoms with E-state index in [2.05, 4.69) is 10.1 Å². The first-order valence-corrected chi connectivity index (χ1v) is 4.29. The summed E-state index contributed by atoms with van der Waals surface area (Å²) in [5, 5.41) is 13.3. The molecular weight excluding hydrogens is 196 g/mol. The van der Waals surface area contributed by atoms with Gasteiger partial charge in [0, 0.05) is 0 Å². The molecule has 0 spiro atoms. The minimum atomic E-state index is -1.05. The summed E-state index contributed by atoms with van der Waals surface area (Å²) in [6, 6.07) is 7.72. The molecule has 1 N–H and O–H groups in total. The molecule has 0 aliphatic rings. The van der Waals surface area contributed by atoms with E-state index < -0.39 is 12.0 Å². The van der Waals surface area contributed by atoms with E-state index in [9.17, 15) is 4.79 Å². The molecule has 0 aromatic heterocycles. The van der Waals surface area contributed by atoms with E-state index in [-0.39, 0.29) is 0 Å². The third-order valence-corrected chi connectivity index (χ3v) is 1.88. The number of benzene rings is 1. The minimum Gasteiger partial charge on any atom is -0.478 e. The lowest BCUT2D eigenvalue weighted by molar-refractivity contribution is -0.138. The molecule has 1 rings (SSSR count). The molecule has 1 aromatic carbocycles. The Hall–Kier alpha value is -2.20. The van der Waals surface area contributed by atoms with Crippen LogP contribution in [0.4, 0.5) is 5.69 Å². The third kappa shape index (κ3) is 2.62. The number of nitrogens with zero attached hydrogens (tertiary/aromatic N) is 4. The summed E-state index contributed by atoms with van der Waals surface area (Å²) in [6.07, 6.45) is 0. The van der Waals surface area contributed by atoms with Crippen LogP contribution in [0.5, 0.6) is 0 Å². The largest absolute Gasteiger partial charge is 0.478 e. The summed E-state index contributed by atoms with van der Waals surface area (Å²) in [4.78, 5) is 13.4. The van der Waals surface area contributed by atoms with Crippen LogP contribution in [-0.2, 0) is 4.79 Å². The fourth-order valence-electron chi connectivity index (χ4n) is 1.08. The van der Waals surface area contributed by atoms with Crippen molar-refractivity contribution >= 4 is 11.7 Å². The maximum absolute atomic E-state index is 10.8. The lowest BCUT2D eigenvalue weighted by Gasteiger charge is -2.17. The fourth-order valence-corrected chi connectivity index (χ4v) is 1.08. The van der Waals surface area contributed by atoms with Crippen molar-refractivity contribution in [2.45, 2.75) is 13.0 Å². The van der Waals surface area contributed by atoms with Crippen molar-refractivity contribution in [1.82, 2.24) is 0 Å². The van der Waals surface area contributed by atoms with Gasteiger partial charge in [-0.2, -0.15) is 4.91 Å². The topological polar surface area (TPSA) is 89.3 Å². The van der Waals surface area contributed by atoms with Gasteiger partial charge in [-0.25, -0.2) is 9.80 Å². The van der Waals surface area contributed by atoms with E-state index in [1.807, 2.05) is 0 Å². The number of hydrogen-bond donors (Lipinski definition) is 1. The number of carboxylic acids is 1. The molecule has 0 radical (unpaired) electrons. The van der Waals surface area contributed by atoms with Crippen molar-refractivity contribution in [3.63, 3.8) is 0 Å². The van der Waals surface area contributed by atoms with E-state index in [0.717, 1.165) is 5.01 Å². The van der Waals surface area contributed by atoms with Crippen LogP contribution in [0.2, 0.25) is 0 Å². The normalized spacial score (nSPS) is 11.3. The third-order valence-electron chi connectivity index (χ3n) is 1.88. The molecular formula is C9H10N4O2. The number of hydrogen-bond acceptors (Lipinski definition) is 2. The predicted octanol–water partition coefficient (Wildman–Crippen LogP) is 2.19. The van der Waals surface area contributed by atoms with Crippen LogP contribution in [0.15, 0.2) is 35.6 Å². The molecule has 1 unspecified atom stereocenters. The fraction of sp³-hybridized carbons (Fsp3) is 0.222. The summed E-state index contributed by atoms with van der Waals surface area (Å²) < 4.78 is 0. The van der Waals surface area contributed by atoms with Crippen molar-refractivity contribution in [1.29, 1.82) is 0 Å². The highest BCUT2D eigenvalue weighted by Crippen LogP contribution is 2.17. The first-order chi connectivity index (χ1) is 7.16. The van der Waals surface area contributed by atoms with Crippen LogP contribution in [0.25, 0.3) is 10.4 Å². The number of azide groups is 1. The second-order valence-electron chi connectivity index (χ2n) is 2.87. The van der Waals surface area contributed by atoms with E-state index >= 15 is 0 Å². The number of carboxylic acid groups (broad SMARTS) is 1. The molecule has 0 saturated heterocycles. The van der Waals surface area contributed by atoms with Crippen molar-refractivity contribution in [2.24, 2.45) is 5.22 Å². The average molecular weight is 206 g/mol. The number of para-hydroxylation sites is 1. The van der Waals surface area contributed by atoms with Gasteiger partial charge in [0.05, 0.1) is 0 Å². The lowest BCUT2D eigenvalue weighted by Crippen LogP contribution is -2.34. The summed E-state index contributed by atoms with van der Waals surface area (Å²) in [7, 11) is 0. The Kier molecular flexibility index (Phi) is 3.54. The van der Waals surface area contributed by atoms with Gasteiger partial charge in [0.1, 0.15) is 5.69 Å². The molecule has 1 aromatic rings. The van der Waals surface area contributed by atoms with Crippen LogP contribution < -0.4 is 5.01 Å². The quantitative estimate of drug-likeness (QED) is 0.354. The number of aliphatic carboxylic acids is 1. The van der Waals surface area contributed by atoms with Crippen molar-refractivity contribution < 1.29 is 9.90 Å². The summed E-state index contributed by atoms with van der Waals surface area (Å²) in [6.45, 7) is 1.45. The Morgan fingerprint density at radius 1 is 1.53 bits per heavy atom. The van der Waals surface area contributed by atoms with Crippen molar-refractivity contribution in [2.75, 3.05) is 5.01 Å². The highest BCUT2D eigenvalue weighted by atomic mass is 16.4. The van der Waals surface area contributed by atoms with Gasteiger partial charge in [0.15, 0.2) is 6.04 Å². The van der Waals surface area contributed by atoms with Crippen LogP contribution in [0.1, 0.15) is 6.92 Å². The van der Waals surface area contributed by atoms with Gasteiger partial charge < -0.3 is 5.11 Å². The van der Waals surface area contributed by atoms with E-state index in [4.69, 9.17) is 10.6 Å². The highest BCUT2D eigenvalue weighted by molar-refractivity contribution is 5.77. The van der Waals surface area contributed by atoms with Crippen LogP contribution >= 0.6 is 0 Å². The Morgan fingerprint density at radius 2 is 2.13 bits per heavy atom. The SMILES string of the molecule is CC(C(=O)O)N(N=[N+]=[N-])c1ccccc1. The molecule has 0 saturated carbocycles. The molecule has 0 aliphatic carbocycles. The summed E-state index contributed by atoms with van der Waals surface area (Å²) >= 11 is 0. The van der Waals surface area contributed by atoms with E-state index in [0.29, 0.717) is 5.69 Å². The molecule has 6 heteroatoms. The number of rotatable bonds is 4. The Balaban J connectivity index is 3.03. The second kappa shape index (κ2) is 4.88. The molecule has 0 bridgehead atoms. The molecule has 0 fully saturated rings. The van der Waals surface area contributed by atoms with Gasteiger partial charge in [0.25, 0.3) is 0 Å². The molecule has 6 nitrogen and oxygen atoms in total. The standard InChI is InChI=1S/C9H10N4O2/c1-7(9(14)15)13(12-11-10)8-5-3-2-4-6-8/h2-7H,1H3,(H,14,15). The Morgan fingerprint density at radius 3 is 2.60 bits per heavy atom. The molecule has 0 heterocycles. The molecule has 0 amide bonds. The minimum absolute atomic E-state index is 0.546. The van der Waals surface area contributed by atoms with Crippen LogP contribution in [-0.4, -0.2) is 17.1 Å². The van der Waals surface area contributed by atoms with Gasteiger partial charge in [-0.3, -0.25) is 0 Å². The molecule has 15 heavy (non-hydrogen) atoms. The summed E-state index contributed by atoms with van der Waals surface area (Å²) in [5.41, 5.74) is 8.90. The first kappa shape index (κ1) is 10.9. The zero-order chi connectivity index (χ0) is 11.3. The van der Waals surface area contributed by atoms with Crippen LogP contribution in [0, 0.1) is 0 Å². The second-order valence-corrected chi connectivity index (χ2v) is 2.87. The Bertz CT molecular complexity index is 386. The van der Waals surface area contributed by atoms with E-state index in [1.165, 1.54) is 6.92 Å². The lowest BCUT2D eigenvalue weighted by atomic mass is 10.2. The molecule has 0 aliphatic heterocycles. The zero-order valence-electron chi connectivity index (χ0n) is 8.11. The number of anilines is 1. The Labute approximate surface area is 86.3 Å². The highest BCUT2D eigenvalue weighted by Gasteiger charge is 2.24. The van der Waals surface area contributed by atoms with Crippen molar-refractivity contribution in [3.8, 4) is 0 Å². The van der Waals surface area contributed by atoms with Gasteiger partial charge in [-0.15, -0.1) is 5.53 Å². The predicted molar refractivity (Wildman–Crippen MR) is 55.2 cm³/mol. The smallest absolute Gasteiger partial charge is 0.349 e. The molecule has 1 atom stereocenters. The first-order valence-electron chi connectivity index (χ1n) is 4.29. The number of carbonyl (C=O) groups is 1. The van der Waals surface area contributed by atoms with E-state index in [1.54, 1.807) is 30.3 Å². The van der Waals surface area contributed by atoms with Gasteiger partial charge in [0.2, 0.25) is 0 Å². The maximum Gasteiger partial charge on any atom is 0.349 e. The van der Waals surface area contributed by atoms with Gasteiger partial charge in [-0.1, -0.05) is 18.2 Å². The van der Waals surface area contributed by atoms with Gasteiger partial charge >= 0.3 is 5.97 Å². The summed E-state index contributed by atoms with van der Waals surface area (Å²) in [5.74, 6) is -1.05. The monoisotopic (exact) mass is 206 g/mol. The zero-order valence-corrected chi connectivity index (χ0v) is 8.11. The van der Waals surface area contributed by atoms with Crippen LogP contribution in [0.3, 0.4) is 0 Å². The van der Waals surface area contributed by atoms with Crippen molar-refractivity contribution in [3.05, 3.63) is 40.8 Å². The van der Waals surface area contributed by atoms with Gasteiger partial charge in [-0.05, 0) is 24.3 Å². The average Bonchev–Trinajstić information content (AvgIpc) is 2.26.